The first-order valence-electron chi connectivity index (χ1n) is 9.69. The van der Waals surface area contributed by atoms with Crippen LogP contribution in [-0.2, 0) is 0 Å². The largest absolute Gasteiger partial charge is 0.309 e. The zero-order valence-corrected chi connectivity index (χ0v) is 15.7. The van der Waals surface area contributed by atoms with Gasteiger partial charge in [0.05, 0.1) is 34.0 Å². The summed E-state index contributed by atoms with van der Waals surface area (Å²) in [5, 5.41) is 2.54. The molecule has 2 heterocycles. The molecular formula is C26H17N3. The van der Waals surface area contributed by atoms with E-state index in [9.17, 15) is 0 Å². The summed E-state index contributed by atoms with van der Waals surface area (Å²) in [7, 11) is 0. The van der Waals surface area contributed by atoms with Crippen LogP contribution in [0.3, 0.4) is 0 Å². The molecule has 0 atom stereocenters. The molecule has 0 radical (unpaired) electrons. The van der Waals surface area contributed by atoms with Crippen molar-refractivity contribution in [2.24, 2.45) is 0 Å². The van der Waals surface area contributed by atoms with Crippen LogP contribution in [0, 0.1) is 0 Å². The van der Waals surface area contributed by atoms with Crippen LogP contribution < -0.4 is 0 Å². The zero-order valence-electron chi connectivity index (χ0n) is 15.7. The maximum Gasteiger partial charge on any atom is 0.0894 e. The van der Waals surface area contributed by atoms with Gasteiger partial charge in [-0.3, -0.25) is 4.98 Å². The van der Waals surface area contributed by atoms with E-state index < -0.39 is 0 Å². The minimum absolute atomic E-state index is 0.887. The molecule has 0 N–H and O–H groups in total. The Balaban J connectivity index is 1.50. The molecule has 0 unspecified atom stereocenters. The van der Waals surface area contributed by atoms with Crippen LogP contribution in [0.2, 0.25) is 0 Å². The molecule has 0 spiro atoms. The molecule has 6 rings (SSSR count). The second-order valence-corrected chi connectivity index (χ2v) is 7.16. The van der Waals surface area contributed by atoms with Crippen molar-refractivity contribution < 1.29 is 0 Å². The van der Waals surface area contributed by atoms with Gasteiger partial charge >= 0.3 is 0 Å². The molecule has 0 aliphatic heterocycles. The Hall–Kier alpha value is -3.98. The average Bonchev–Trinajstić information content (AvgIpc) is 3.13. The van der Waals surface area contributed by atoms with Gasteiger partial charge < -0.3 is 4.57 Å². The van der Waals surface area contributed by atoms with Crippen LogP contribution in [0.15, 0.2) is 103 Å². The highest BCUT2D eigenvalue weighted by Crippen LogP contribution is 2.32. The Kier molecular flexibility index (Phi) is 3.47. The molecule has 4 aromatic carbocycles. The van der Waals surface area contributed by atoms with E-state index in [2.05, 4.69) is 82.3 Å². The van der Waals surface area contributed by atoms with E-state index >= 15 is 0 Å². The fourth-order valence-corrected chi connectivity index (χ4v) is 4.08. The zero-order chi connectivity index (χ0) is 19.2. The van der Waals surface area contributed by atoms with E-state index in [4.69, 9.17) is 4.98 Å². The number of hydrogen-bond donors (Lipinski definition) is 0. The maximum absolute atomic E-state index is 4.77. The lowest BCUT2D eigenvalue weighted by Crippen LogP contribution is -1.94. The highest BCUT2D eigenvalue weighted by Gasteiger charge is 2.11. The van der Waals surface area contributed by atoms with Crippen molar-refractivity contribution in [3.8, 4) is 16.9 Å². The lowest BCUT2D eigenvalue weighted by molar-refractivity contribution is 1.18. The quantitative estimate of drug-likeness (QED) is 0.353. The van der Waals surface area contributed by atoms with Gasteiger partial charge in [0.25, 0.3) is 0 Å². The summed E-state index contributed by atoms with van der Waals surface area (Å²) in [6.45, 7) is 0. The Bertz CT molecular complexity index is 1440. The minimum Gasteiger partial charge on any atom is -0.309 e. The number of hydrogen-bond acceptors (Lipinski definition) is 2. The molecule has 0 saturated carbocycles. The first-order chi connectivity index (χ1) is 14.4. The third-order valence-electron chi connectivity index (χ3n) is 5.45. The summed E-state index contributed by atoms with van der Waals surface area (Å²) in [4.78, 5) is 9.31. The van der Waals surface area contributed by atoms with Crippen LogP contribution >= 0.6 is 0 Å². The van der Waals surface area contributed by atoms with Crippen LogP contribution in [0.25, 0.3) is 49.8 Å². The fourth-order valence-electron chi connectivity index (χ4n) is 4.08. The number of aromatic nitrogens is 3. The van der Waals surface area contributed by atoms with Crippen LogP contribution in [0.1, 0.15) is 0 Å². The Morgan fingerprint density at radius 2 is 1.14 bits per heavy atom. The highest BCUT2D eigenvalue weighted by atomic mass is 15.0. The topological polar surface area (TPSA) is 30.7 Å². The van der Waals surface area contributed by atoms with Crippen molar-refractivity contribution in [1.82, 2.24) is 14.5 Å². The van der Waals surface area contributed by atoms with Crippen molar-refractivity contribution in [2.75, 3.05) is 0 Å². The Labute approximate surface area is 167 Å². The van der Waals surface area contributed by atoms with Gasteiger partial charge in [0, 0.05) is 22.0 Å². The predicted octanol–water partition coefficient (Wildman–Crippen LogP) is 6.39. The van der Waals surface area contributed by atoms with E-state index in [0.29, 0.717) is 0 Å². The van der Waals surface area contributed by atoms with Gasteiger partial charge in [0.15, 0.2) is 0 Å². The summed E-state index contributed by atoms with van der Waals surface area (Å²) in [6.07, 6.45) is 1.85. The SMILES string of the molecule is c1ccc2nc(-c3ccc(-n4c5ccccc5c5ccccc54)cc3)cnc2c1. The van der Waals surface area contributed by atoms with Crippen molar-refractivity contribution >= 4 is 32.8 Å². The molecule has 136 valence electrons. The molecule has 0 aliphatic carbocycles. The van der Waals surface area contributed by atoms with Gasteiger partial charge in [-0.25, -0.2) is 4.98 Å². The van der Waals surface area contributed by atoms with Crippen molar-refractivity contribution in [2.45, 2.75) is 0 Å². The van der Waals surface area contributed by atoms with Gasteiger partial charge in [-0.15, -0.1) is 0 Å². The molecule has 3 nitrogen and oxygen atoms in total. The number of rotatable bonds is 2. The van der Waals surface area contributed by atoms with E-state index in [1.54, 1.807) is 0 Å². The highest BCUT2D eigenvalue weighted by molar-refractivity contribution is 6.09. The summed E-state index contributed by atoms with van der Waals surface area (Å²) in [5.41, 5.74) is 7.35. The van der Waals surface area contributed by atoms with Crippen LogP contribution in [0.4, 0.5) is 0 Å². The lowest BCUT2D eigenvalue weighted by atomic mass is 10.1. The standard InChI is InChI=1S/C26H17N3/c1-5-11-25-20(7-1)21-8-2-6-12-26(21)29(25)19-15-13-18(14-16-19)24-17-27-22-9-3-4-10-23(22)28-24/h1-17H. The fraction of sp³-hybridized carbons (Fsp3) is 0. The van der Waals surface area contributed by atoms with Gasteiger partial charge in [0.1, 0.15) is 0 Å². The summed E-state index contributed by atoms with van der Waals surface area (Å²) < 4.78 is 2.32. The third-order valence-corrected chi connectivity index (χ3v) is 5.45. The van der Waals surface area contributed by atoms with Crippen LogP contribution in [0.5, 0.6) is 0 Å². The molecule has 0 aliphatic rings. The normalized spacial score (nSPS) is 11.4. The van der Waals surface area contributed by atoms with Crippen LogP contribution in [-0.4, -0.2) is 14.5 Å². The van der Waals surface area contributed by atoms with Gasteiger partial charge in [0.2, 0.25) is 0 Å². The average molecular weight is 371 g/mol. The number of fused-ring (bicyclic) bond motifs is 4. The molecule has 2 aromatic heterocycles. The van der Waals surface area contributed by atoms with E-state index in [1.165, 1.54) is 21.8 Å². The summed E-state index contributed by atoms with van der Waals surface area (Å²) >= 11 is 0. The number of nitrogens with zero attached hydrogens (tertiary/aromatic N) is 3. The van der Waals surface area contributed by atoms with E-state index in [0.717, 1.165) is 28.0 Å². The smallest absolute Gasteiger partial charge is 0.0894 e. The molecule has 6 aromatic rings. The van der Waals surface area contributed by atoms with Crippen molar-refractivity contribution in [1.29, 1.82) is 0 Å². The first-order valence-corrected chi connectivity index (χ1v) is 9.69. The van der Waals surface area contributed by atoms with Crippen molar-refractivity contribution in [3.05, 3.63) is 103 Å². The van der Waals surface area contributed by atoms with E-state index in [-0.39, 0.29) is 0 Å². The molecule has 0 amide bonds. The molecule has 29 heavy (non-hydrogen) atoms. The number of benzene rings is 4. The van der Waals surface area contributed by atoms with Gasteiger partial charge in [-0.1, -0.05) is 60.7 Å². The summed E-state index contributed by atoms with van der Waals surface area (Å²) in [5.74, 6) is 0. The molecule has 0 bridgehead atoms. The van der Waals surface area contributed by atoms with E-state index in [1.807, 2.05) is 30.5 Å². The lowest BCUT2D eigenvalue weighted by Gasteiger charge is -2.09. The molecular weight excluding hydrogens is 354 g/mol. The summed E-state index contributed by atoms with van der Waals surface area (Å²) in [6, 6.07) is 33.6. The Morgan fingerprint density at radius 3 is 1.83 bits per heavy atom. The minimum atomic E-state index is 0.887. The molecule has 3 heteroatoms. The third kappa shape index (κ3) is 2.52. The van der Waals surface area contributed by atoms with Crippen molar-refractivity contribution in [3.63, 3.8) is 0 Å². The molecule has 0 fully saturated rings. The first kappa shape index (κ1) is 16.0. The Morgan fingerprint density at radius 1 is 0.552 bits per heavy atom. The van der Waals surface area contributed by atoms with Gasteiger partial charge in [-0.05, 0) is 36.4 Å². The second kappa shape index (κ2) is 6.28. The molecule has 0 saturated heterocycles. The second-order valence-electron chi connectivity index (χ2n) is 7.16. The predicted molar refractivity (Wildman–Crippen MR) is 119 cm³/mol. The maximum atomic E-state index is 4.77. The monoisotopic (exact) mass is 371 g/mol. The van der Waals surface area contributed by atoms with Gasteiger partial charge in [-0.2, -0.15) is 0 Å². The number of para-hydroxylation sites is 4.